The molecule has 0 heterocycles. The first kappa shape index (κ1) is 19.9. The molecular formula is C26H20O3S. The van der Waals surface area contributed by atoms with Crippen LogP contribution in [0.2, 0.25) is 0 Å². The van der Waals surface area contributed by atoms with Gasteiger partial charge in [-0.2, -0.15) is 0 Å². The van der Waals surface area contributed by atoms with Gasteiger partial charge in [-0.05, 0) is 40.6 Å². The maximum atomic E-state index is 12.2. The fraction of sp³-hybridized carbons (Fsp3) is 0.0769. The fourth-order valence-electron chi connectivity index (χ4n) is 3.08. The van der Waals surface area contributed by atoms with Gasteiger partial charge in [-0.3, -0.25) is 4.79 Å². The third kappa shape index (κ3) is 4.97. The first-order chi connectivity index (χ1) is 14.7. The van der Waals surface area contributed by atoms with Gasteiger partial charge < -0.3 is 4.74 Å². The Bertz CT molecular complexity index is 1170. The lowest BCUT2D eigenvalue weighted by atomic mass is 10.1. The van der Waals surface area contributed by atoms with E-state index in [-0.39, 0.29) is 12.4 Å². The van der Waals surface area contributed by atoms with E-state index in [0.717, 1.165) is 11.3 Å². The highest BCUT2D eigenvalue weighted by molar-refractivity contribution is 7.98. The molecule has 0 aliphatic heterocycles. The Morgan fingerprint density at radius 1 is 0.700 bits per heavy atom. The minimum Gasteiger partial charge on any atom is -0.454 e. The van der Waals surface area contributed by atoms with Crippen molar-refractivity contribution >= 4 is 34.3 Å². The zero-order valence-electron chi connectivity index (χ0n) is 16.3. The minimum atomic E-state index is -0.493. The molecule has 3 nitrogen and oxygen atoms in total. The van der Waals surface area contributed by atoms with E-state index in [4.69, 9.17) is 4.74 Å². The summed E-state index contributed by atoms with van der Waals surface area (Å²) >= 11 is 1.75. The Morgan fingerprint density at radius 2 is 1.40 bits per heavy atom. The maximum absolute atomic E-state index is 12.2. The van der Waals surface area contributed by atoms with Crippen molar-refractivity contribution in [3.63, 3.8) is 0 Å². The SMILES string of the molecule is O=C(COC(=O)c1ccc(CSc2ccc3ccccc3c2)cc1)c1ccccc1. The van der Waals surface area contributed by atoms with Gasteiger partial charge in [0.1, 0.15) is 0 Å². The molecular weight excluding hydrogens is 392 g/mol. The lowest BCUT2D eigenvalue weighted by molar-refractivity contribution is 0.0475. The number of hydrogen-bond donors (Lipinski definition) is 0. The van der Waals surface area contributed by atoms with Crippen molar-refractivity contribution in [2.24, 2.45) is 0 Å². The van der Waals surface area contributed by atoms with Crippen LogP contribution in [-0.4, -0.2) is 18.4 Å². The molecule has 30 heavy (non-hydrogen) atoms. The molecule has 4 aromatic carbocycles. The minimum absolute atomic E-state index is 0.215. The molecule has 0 fully saturated rings. The normalized spacial score (nSPS) is 10.7. The quantitative estimate of drug-likeness (QED) is 0.207. The average Bonchev–Trinajstić information content (AvgIpc) is 2.81. The highest BCUT2D eigenvalue weighted by atomic mass is 32.2. The van der Waals surface area contributed by atoms with Gasteiger partial charge in [-0.25, -0.2) is 4.79 Å². The van der Waals surface area contributed by atoms with Gasteiger partial charge in [0.25, 0.3) is 0 Å². The van der Waals surface area contributed by atoms with E-state index in [9.17, 15) is 9.59 Å². The van der Waals surface area contributed by atoms with Crippen LogP contribution in [0.3, 0.4) is 0 Å². The van der Waals surface area contributed by atoms with Crippen molar-refractivity contribution < 1.29 is 14.3 Å². The maximum Gasteiger partial charge on any atom is 0.338 e. The van der Waals surface area contributed by atoms with Gasteiger partial charge >= 0.3 is 5.97 Å². The predicted molar refractivity (Wildman–Crippen MR) is 121 cm³/mol. The van der Waals surface area contributed by atoms with E-state index in [0.29, 0.717) is 11.1 Å². The standard InChI is InChI=1S/C26H20O3S/c27-25(21-7-2-1-3-8-21)17-29-26(28)22-12-10-19(11-13-22)18-30-24-15-14-20-6-4-5-9-23(20)16-24/h1-16H,17-18H2. The van der Waals surface area contributed by atoms with Crippen LogP contribution in [0.15, 0.2) is 102 Å². The van der Waals surface area contributed by atoms with Gasteiger partial charge in [0.05, 0.1) is 5.56 Å². The smallest absolute Gasteiger partial charge is 0.338 e. The second-order valence-corrected chi connectivity index (χ2v) is 7.91. The summed E-state index contributed by atoms with van der Waals surface area (Å²) < 4.78 is 5.16. The van der Waals surface area contributed by atoms with E-state index < -0.39 is 5.97 Å². The van der Waals surface area contributed by atoms with Crippen molar-refractivity contribution in [2.75, 3.05) is 6.61 Å². The van der Waals surface area contributed by atoms with Crippen LogP contribution in [-0.2, 0) is 10.5 Å². The number of thioether (sulfide) groups is 1. The van der Waals surface area contributed by atoms with E-state index in [1.807, 2.05) is 30.3 Å². The number of carbonyl (C=O) groups is 2. The second-order valence-electron chi connectivity index (χ2n) is 6.86. The van der Waals surface area contributed by atoms with Crippen LogP contribution in [0.25, 0.3) is 10.8 Å². The van der Waals surface area contributed by atoms with E-state index in [1.165, 1.54) is 15.7 Å². The molecule has 0 spiro atoms. The number of carbonyl (C=O) groups excluding carboxylic acids is 2. The molecule has 0 N–H and O–H groups in total. The Hall–Kier alpha value is -3.37. The lowest BCUT2D eigenvalue weighted by Crippen LogP contribution is -2.14. The van der Waals surface area contributed by atoms with Crippen molar-refractivity contribution in [3.05, 3.63) is 114 Å². The van der Waals surface area contributed by atoms with Crippen molar-refractivity contribution in [1.29, 1.82) is 0 Å². The summed E-state index contributed by atoms with van der Waals surface area (Å²) in [6, 6.07) is 30.9. The number of hydrogen-bond acceptors (Lipinski definition) is 4. The largest absolute Gasteiger partial charge is 0.454 e. The van der Waals surface area contributed by atoms with Crippen LogP contribution in [0.5, 0.6) is 0 Å². The molecule has 0 aromatic heterocycles. The summed E-state index contributed by atoms with van der Waals surface area (Å²) in [6.07, 6.45) is 0. The molecule has 0 saturated carbocycles. The zero-order chi connectivity index (χ0) is 20.8. The van der Waals surface area contributed by atoms with E-state index in [1.54, 1.807) is 48.2 Å². The molecule has 4 aromatic rings. The molecule has 0 bridgehead atoms. The third-order valence-corrected chi connectivity index (χ3v) is 5.81. The summed E-state index contributed by atoms with van der Waals surface area (Å²) in [5.74, 6) is 0.0977. The first-order valence-electron chi connectivity index (χ1n) is 9.65. The predicted octanol–water partition coefficient (Wildman–Crippen LogP) is 6.17. The highest BCUT2D eigenvalue weighted by Crippen LogP contribution is 2.26. The van der Waals surface area contributed by atoms with Gasteiger partial charge in [-0.15, -0.1) is 11.8 Å². The van der Waals surface area contributed by atoms with Crippen molar-refractivity contribution in [1.82, 2.24) is 0 Å². The zero-order valence-corrected chi connectivity index (χ0v) is 17.1. The first-order valence-corrected chi connectivity index (χ1v) is 10.6. The average molecular weight is 413 g/mol. The van der Waals surface area contributed by atoms with E-state index in [2.05, 4.69) is 30.3 Å². The van der Waals surface area contributed by atoms with Crippen LogP contribution in [0.1, 0.15) is 26.3 Å². The van der Waals surface area contributed by atoms with Crippen LogP contribution in [0.4, 0.5) is 0 Å². The molecule has 0 amide bonds. The monoisotopic (exact) mass is 412 g/mol. The molecule has 0 aliphatic carbocycles. The summed E-state index contributed by atoms with van der Waals surface area (Å²) in [5.41, 5.74) is 2.09. The highest BCUT2D eigenvalue weighted by Gasteiger charge is 2.11. The summed E-state index contributed by atoms with van der Waals surface area (Å²) in [7, 11) is 0. The van der Waals surface area contributed by atoms with Gasteiger partial charge in [0, 0.05) is 16.2 Å². The Balaban J connectivity index is 1.31. The number of ketones is 1. The number of fused-ring (bicyclic) bond motifs is 1. The lowest BCUT2D eigenvalue weighted by Gasteiger charge is -2.07. The molecule has 0 unspecified atom stereocenters. The molecule has 4 rings (SSSR count). The Kier molecular flexibility index (Phi) is 6.26. The van der Waals surface area contributed by atoms with Crippen molar-refractivity contribution in [2.45, 2.75) is 10.6 Å². The molecule has 0 atom stereocenters. The van der Waals surface area contributed by atoms with Crippen LogP contribution >= 0.6 is 11.8 Å². The molecule has 4 heteroatoms. The van der Waals surface area contributed by atoms with Gasteiger partial charge in [0.2, 0.25) is 0 Å². The van der Waals surface area contributed by atoms with Gasteiger partial charge in [-0.1, -0.05) is 72.8 Å². The molecule has 148 valence electrons. The van der Waals surface area contributed by atoms with Gasteiger partial charge in [0.15, 0.2) is 12.4 Å². The fourth-order valence-corrected chi connectivity index (χ4v) is 3.98. The third-order valence-electron chi connectivity index (χ3n) is 4.75. The number of esters is 1. The number of benzene rings is 4. The second kappa shape index (κ2) is 9.42. The Morgan fingerprint density at radius 3 is 2.17 bits per heavy atom. The number of rotatable bonds is 7. The summed E-state index contributed by atoms with van der Waals surface area (Å²) in [5, 5.41) is 2.46. The summed E-state index contributed by atoms with van der Waals surface area (Å²) in [4.78, 5) is 25.5. The number of Topliss-reactive ketones (excluding diaryl/α,β-unsaturated/α-hetero) is 1. The molecule has 0 aliphatic rings. The van der Waals surface area contributed by atoms with Crippen LogP contribution in [0, 0.1) is 0 Å². The van der Waals surface area contributed by atoms with Crippen LogP contribution < -0.4 is 0 Å². The Labute approximate surface area is 179 Å². The molecule has 0 saturated heterocycles. The molecule has 0 radical (unpaired) electrons. The van der Waals surface area contributed by atoms with Crippen molar-refractivity contribution in [3.8, 4) is 0 Å². The summed E-state index contributed by atoms with van der Waals surface area (Å²) in [6.45, 7) is -0.261. The van der Waals surface area contributed by atoms with E-state index >= 15 is 0 Å². The number of ether oxygens (including phenoxy) is 1. The topological polar surface area (TPSA) is 43.4 Å².